The van der Waals surface area contributed by atoms with Gasteiger partial charge in [0.2, 0.25) is 11.8 Å². The first-order valence-corrected chi connectivity index (χ1v) is 11.6. The van der Waals surface area contributed by atoms with Crippen LogP contribution in [-0.4, -0.2) is 11.8 Å². The Labute approximate surface area is 198 Å². The zero-order valence-corrected chi connectivity index (χ0v) is 18.9. The molecule has 1 saturated heterocycles. The van der Waals surface area contributed by atoms with Gasteiger partial charge in [0.05, 0.1) is 17.5 Å². The van der Waals surface area contributed by atoms with Crippen LogP contribution < -0.4 is 4.90 Å². The van der Waals surface area contributed by atoms with Gasteiger partial charge < -0.3 is 0 Å². The molecule has 0 unspecified atom stereocenters. The molecule has 2 bridgehead atoms. The zero-order chi connectivity index (χ0) is 22.7. The second-order valence-corrected chi connectivity index (χ2v) is 9.43. The third-order valence-corrected chi connectivity index (χ3v) is 7.48. The molecule has 162 valence electrons. The lowest BCUT2D eigenvalue weighted by Crippen LogP contribution is -2.33. The molecule has 3 aliphatic rings. The van der Waals surface area contributed by atoms with Crippen LogP contribution in [0.3, 0.4) is 0 Å². The molecule has 1 heterocycles. The molecule has 0 spiro atoms. The number of fused-ring (bicyclic) bond motifs is 5. The molecule has 1 aliphatic heterocycles. The van der Waals surface area contributed by atoms with Gasteiger partial charge in [0.25, 0.3) is 0 Å². The second-order valence-electron chi connectivity index (χ2n) is 8.99. The van der Waals surface area contributed by atoms with E-state index in [0.717, 1.165) is 22.3 Å². The molecule has 0 N–H and O–H groups in total. The fourth-order valence-electron chi connectivity index (χ4n) is 5.87. The molecule has 6 rings (SSSR count). The molecule has 4 atom stereocenters. The highest BCUT2D eigenvalue weighted by atomic mass is 35.5. The van der Waals surface area contributed by atoms with Crippen molar-refractivity contribution in [3.8, 4) is 0 Å². The van der Waals surface area contributed by atoms with Gasteiger partial charge in [-0.15, -0.1) is 0 Å². The largest absolute Gasteiger partial charge is 0.274 e. The lowest BCUT2D eigenvalue weighted by molar-refractivity contribution is -0.122. The van der Waals surface area contributed by atoms with E-state index >= 15 is 0 Å². The second kappa shape index (κ2) is 7.57. The molecule has 2 amide bonds. The number of anilines is 1. The molecule has 0 aromatic heterocycles. The first-order chi connectivity index (χ1) is 16.1. The van der Waals surface area contributed by atoms with Crippen molar-refractivity contribution in [2.45, 2.75) is 6.92 Å². The van der Waals surface area contributed by atoms with E-state index in [1.54, 1.807) is 12.1 Å². The number of amides is 2. The van der Waals surface area contributed by atoms with Gasteiger partial charge in [-0.1, -0.05) is 90.5 Å². The molecule has 0 radical (unpaired) electrons. The molecule has 2 aliphatic carbocycles. The summed E-state index contributed by atoms with van der Waals surface area (Å²) < 4.78 is 0. The van der Waals surface area contributed by atoms with E-state index in [1.807, 2.05) is 49.4 Å². The van der Waals surface area contributed by atoms with E-state index in [0.29, 0.717) is 10.7 Å². The third-order valence-electron chi connectivity index (χ3n) is 7.24. The maximum atomic E-state index is 13.7. The summed E-state index contributed by atoms with van der Waals surface area (Å²) in [6, 6.07) is 25.9. The molecule has 3 nitrogen and oxygen atoms in total. The van der Waals surface area contributed by atoms with E-state index in [4.69, 9.17) is 11.6 Å². The number of imide groups is 1. The SMILES string of the molecule is Cc1ccc(Cl)cc1N1C(=O)[C@@H]2[C@@H](C1=O)[C@@H]1C=C[C@@H]2C1=C(c1ccccc1)c1ccccc1. The standard InChI is InChI=1S/C29H22ClNO2/c1-17-12-13-20(30)16-23(17)31-28(32)26-21-14-15-22(27(26)29(31)33)25(21)24(18-8-4-2-5-9-18)19-10-6-3-7-11-19/h2-16,21-22,26-27H,1H3/t21-,22-,26+,27+/m1/s1. The minimum atomic E-state index is -0.372. The average molecular weight is 452 g/mol. The van der Waals surface area contributed by atoms with Gasteiger partial charge in [0, 0.05) is 16.9 Å². The van der Waals surface area contributed by atoms with Gasteiger partial charge in [0.1, 0.15) is 0 Å². The normalized spacial score (nSPS) is 25.2. The summed E-state index contributed by atoms with van der Waals surface area (Å²) in [4.78, 5) is 28.8. The Morgan fingerprint density at radius 1 is 0.758 bits per heavy atom. The highest BCUT2D eigenvalue weighted by molar-refractivity contribution is 6.31. The molecule has 3 aromatic carbocycles. The number of nitrogens with zero attached hydrogens (tertiary/aromatic N) is 1. The van der Waals surface area contributed by atoms with Crippen LogP contribution in [0.2, 0.25) is 5.02 Å². The predicted octanol–water partition coefficient (Wildman–Crippen LogP) is 6.07. The summed E-state index contributed by atoms with van der Waals surface area (Å²) in [5.41, 5.74) is 6.01. The summed E-state index contributed by atoms with van der Waals surface area (Å²) in [6.07, 6.45) is 4.26. The smallest absolute Gasteiger partial charge is 0.238 e. The van der Waals surface area contributed by atoms with Crippen molar-refractivity contribution in [1.82, 2.24) is 0 Å². The third kappa shape index (κ3) is 2.96. The Kier molecular flexibility index (Phi) is 4.63. The molecular formula is C29H22ClNO2. The van der Waals surface area contributed by atoms with Crippen LogP contribution in [0, 0.1) is 30.6 Å². The minimum absolute atomic E-state index is 0.0867. The lowest BCUT2D eigenvalue weighted by Gasteiger charge is -2.22. The lowest BCUT2D eigenvalue weighted by atomic mass is 9.85. The Morgan fingerprint density at radius 2 is 1.27 bits per heavy atom. The van der Waals surface area contributed by atoms with Crippen molar-refractivity contribution in [3.05, 3.63) is 118 Å². The van der Waals surface area contributed by atoms with Gasteiger partial charge in [-0.3, -0.25) is 9.59 Å². The molecule has 2 fully saturated rings. The number of benzene rings is 3. The predicted molar refractivity (Wildman–Crippen MR) is 131 cm³/mol. The average Bonchev–Trinajstić information content (AvgIpc) is 3.47. The minimum Gasteiger partial charge on any atom is -0.274 e. The molecule has 1 saturated carbocycles. The summed E-state index contributed by atoms with van der Waals surface area (Å²) >= 11 is 6.21. The quantitative estimate of drug-likeness (QED) is 0.358. The number of allylic oxidation sites excluding steroid dienone is 3. The molecule has 3 aromatic rings. The van der Waals surface area contributed by atoms with Crippen molar-refractivity contribution < 1.29 is 9.59 Å². The van der Waals surface area contributed by atoms with E-state index in [9.17, 15) is 9.59 Å². The Bertz CT molecular complexity index is 1270. The van der Waals surface area contributed by atoms with Crippen LogP contribution in [0.1, 0.15) is 16.7 Å². The Balaban J connectivity index is 1.50. The summed E-state index contributed by atoms with van der Waals surface area (Å²) in [5.74, 6) is -1.16. The zero-order valence-electron chi connectivity index (χ0n) is 18.1. The summed E-state index contributed by atoms with van der Waals surface area (Å²) in [7, 11) is 0. The van der Waals surface area contributed by atoms with Crippen LogP contribution >= 0.6 is 11.6 Å². The number of hydrogen-bond acceptors (Lipinski definition) is 2. The van der Waals surface area contributed by atoms with Gasteiger partial charge in [0.15, 0.2) is 0 Å². The fourth-order valence-corrected chi connectivity index (χ4v) is 6.03. The van der Waals surface area contributed by atoms with Crippen molar-refractivity contribution in [3.63, 3.8) is 0 Å². The monoisotopic (exact) mass is 451 g/mol. The van der Waals surface area contributed by atoms with Gasteiger partial charge in [-0.05, 0) is 46.9 Å². The number of carbonyl (C=O) groups is 2. The number of aryl methyl sites for hydroxylation is 1. The first kappa shape index (κ1) is 20.2. The van der Waals surface area contributed by atoms with Crippen LogP contribution in [-0.2, 0) is 9.59 Å². The maximum absolute atomic E-state index is 13.7. The first-order valence-electron chi connectivity index (χ1n) is 11.2. The van der Waals surface area contributed by atoms with Crippen molar-refractivity contribution >= 4 is 34.7 Å². The van der Waals surface area contributed by atoms with E-state index in [-0.39, 0.29) is 35.5 Å². The van der Waals surface area contributed by atoms with Crippen LogP contribution in [0.15, 0.2) is 96.6 Å². The number of halogens is 1. The summed E-state index contributed by atoms with van der Waals surface area (Å²) in [5, 5.41) is 0.519. The molecule has 4 heteroatoms. The van der Waals surface area contributed by atoms with Gasteiger partial charge in [-0.2, -0.15) is 0 Å². The van der Waals surface area contributed by atoms with Crippen molar-refractivity contribution in [1.29, 1.82) is 0 Å². The van der Waals surface area contributed by atoms with Crippen LogP contribution in [0.5, 0.6) is 0 Å². The van der Waals surface area contributed by atoms with Crippen LogP contribution in [0.4, 0.5) is 5.69 Å². The highest BCUT2D eigenvalue weighted by Crippen LogP contribution is 2.59. The van der Waals surface area contributed by atoms with Gasteiger partial charge >= 0.3 is 0 Å². The fraction of sp³-hybridized carbons (Fsp3) is 0.172. The van der Waals surface area contributed by atoms with E-state index < -0.39 is 0 Å². The Hall–Kier alpha value is -3.43. The number of carbonyl (C=O) groups excluding carboxylic acids is 2. The maximum Gasteiger partial charge on any atom is 0.238 e. The van der Waals surface area contributed by atoms with Crippen molar-refractivity contribution in [2.75, 3.05) is 4.90 Å². The van der Waals surface area contributed by atoms with Crippen molar-refractivity contribution in [2.24, 2.45) is 23.7 Å². The number of hydrogen-bond donors (Lipinski definition) is 0. The Morgan fingerprint density at radius 3 is 1.79 bits per heavy atom. The molecule has 33 heavy (non-hydrogen) atoms. The van der Waals surface area contributed by atoms with Gasteiger partial charge in [-0.25, -0.2) is 4.90 Å². The topological polar surface area (TPSA) is 37.4 Å². The highest BCUT2D eigenvalue weighted by Gasteiger charge is 2.62. The van der Waals surface area contributed by atoms with E-state index in [2.05, 4.69) is 36.4 Å². The molecular weight excluding hydrogens is 430 g/mol. The van der Waals surface area contributed by atoms with E-state index in [1.165, 1.54) is 10.5 Å². The summed E-state index contributed by atoms with van der Waals surface area (Å²) in [6.45, 7) is 1.90. The number of rotatable bonds is 3. The van der Waals surface area contributed by atoms with Crippen LogP contribution in [0.25, 0.3) is 5.57 Å².